The highest BCUT2D eigenvalue weighted by Crippen LogP contribution is 2.42. The Balaban J connectivity index is 1.12. The predicted octanol–water partition coefficient (Wildman–Crippen LogP) is 3.76. The highest BCUT2D eigenvalue weighted by Gasteiger charge is 2.48. The quantitative estimate of drug-likeness (QED) is 0.219. The number of ether oxygens (including phenoxy) is 3. The van der Waals surface area contributed by atoms with Crippen LogP contribution in [0.15, 0.2) is 30.7 Å². The van der Waals surface area contributed by atoms with E-state index in [0.717, 1.165) is 56.1 Å². The zero-order valence-electron chi connectivity index (χ0n) is 35.4. The molecule has 1 aromatic heterocycles. The second-order valence-electron chi connectivity index (χ2n) is 18.0. The van der Waals surface area contributed by atoms with Crippen molar-refractivity contribution in [1.29, 1.82) is 0 Å². The summed E-state index contributed by atoms with van der Waals surface area (Å²) in [7, 11) is 0. The molecule has 3 fully saturated rings. The molecule has 4 heterocycles. The Kier molecular flexibility index (Phi) is 13.2. The molecule has 5 amide bonds. The van der Waals surface area contributed by atoms with E-state index in [-0.39, 0.29) is 69.1 Å². The zero-order valence-corrected chi connectivity index (χ0v) is 35.4. The van der Waals surface area contributed by atoms with E-state index in [2.05, 4.69) is 25.9 Å². The summed E-state index contributed by atoms with van der Waals surface area (Å²) in [6, 6.07) is 0.390. The molecule has 2 aromatic rings. The maximum absolute atomic E-state index is 15.0. The number of fused-ring (bicyclic) bond motifs is 3. The van der Waals surface area contributed by atoms with Gasteiger partial charge in [0.15, 0.2) is 17.3 Å². The van der Waals surface area contributed by atoms with Gasteiger partial charge in [0.2, 0.25) is 24.4 Å². The number of amides is 5. The van der Waals surface area contributed by atoms with Gasteiger partial charge in [-0.2, -0.15) is 0 Å². The Bertz CT molecular complexity index is 2010. The van der Waals surface area contributed by atoms with Gasteiger partial charge >= 0.3 is 6.09 Å². The molecule has 2 saturated carbocycles. The lowest BCUT2D eigenvalue weighted by atomic mass is 9.74. The van der Waals surface area contributed by atoms with Gasteiger partial charge in [0.25, 0.3) is 11.8 Å². The number of rotatable bonds is 15. The van der Waals surface area contributed by atoms with Gasteiger partial charge in [-0.15, -0.1) is 0 Å². The number of hydrogen-bond donors (Lipinski definition) is 3. The number of Topliss-reactive ketones (excluding diaryl/α,β-unsaturated/α-hetero) is 2. The summed E-state index contributed by atoms with van der Waals surface area (Å²) >= 11 is 0. The fraction of sp³-hybridized carbons (Fsp3) is 0.614. The number of carbonyl (C=O) groups excluding carboxylic acids is 7. The lowest BCUT2D eigenvalue weighted by Gasteiger charge is -2.36. The van der Waals surface area contributed by atoms with Gasteiger partial charge in [-0.05, 0) is 55.1 Å². The number of hydrogen-bond acceptors (Lipinski definition) is 12. The summed E-state index contributed by atoms with van der Waals surface area (Å²) in [6.07, 6.45) is 8.83. The maximum Gasteiger partial charge on any atom is 0.410 e. The molecular formula is C44H57N7O10. The summed E-state index contributed by atoms with van der Waals surface area (Å²) in [6.45, 7) is 7.75. The van der Waals surface area contributed by atoms with Crippen LogP contribution in [0.1, 0.15) is 120 Å². The Morgan fingerprint density at radius 1 is 0.951 bits per heavy atom. The topological polar surface area (TPSA) is 216 Å². The van der Waals surface area contributed by atoms with E-state index in [0.29, 0.717) is 17.9 Å². The average Bonchev–Trinajstić information content (AvgIpc) is 3.57. The summed E-state index contributed by atoms with van der Waals surface area (Å²) in [5.74, 6) is -3.49. The van der Waals surface area contributed by atoms with Crippen molar-refractivity contribution >= 4 is 41.3 Å². The van der Waals surface area contributed by atoms with E-state index in [1.807, 2.05) is 33.8 Å². The molecule has 17 nitrogen and oxygen atoms in total. The molecule has 0 radical (unpaired) electrons. The van der Waals surface area contributed by atoms with Crippen LogP contribution in [0.3, 0.4) is 0 Å². The van der Waals surface area contributed by atoms with Crippen LogP contribution in [0.2, 0.25) is 0 Å². The van der Waals surface area contributed by atoms with Crippen LogP contribution in [0, 0.1) is 17.3 Å². The van der Waals surface area contributed by atoms with E-state index >= 15 is 0 Å². The summed E-state index contributed by atoms with van der Waals surface area (Å²) < 4.78 is 17.2. The first-order chi connectivity index (χ1) is 29.2. The SMILES string of the molecule is CCC[C@H](NC(=O)C1C[C@@H](OC(=O)N2Cc3ccc4c(c3C2)OCO4)CN1C(=O)[C@@H](CC(=O)[C@@H](NC(=O)c1cnccn1)C1CCCCC1)C(C)(C)C)C(=O)C(=O)NC1CC1. The fourth-order valence-corrected chi connectivity index (χ4v) is 8.89. The molecule has 17 heteroatoms. The third-order valence-corrected chi connectivity index (χ3v) is 12.5. The van der Waals surface area contributed by atoms with Gasteiger partial charge in [-0.25, -0.2) is 9.78 Å². The van der Waals surface area contributed by atoms with Crippen LogP contribution >= 0.6 is 0 Å². The number of aromatic nitrogens is 2. The molecule has 3 N–H and O–H groups in total. The number of likely N-dealkylation sites (tertiary alicyclic amines) is 1. The maximum atomic E-state index is 15.0. The zero-order chi connectivity index (χ0) is 43.4. The van der Waals surface area contributed by atoms with Crippen LogP contribution in [-0.4, -0.2) is 105 Å². The first-order valence-corrected chi connectivity index (χ1v) is 21.6. The smallest absolute Gasteiger partial charge is 0.410 e. The largest absolute Gasteiger partial charge is 0.454 e. The van der Waals surface area contributed by atoms with E-state index < -0.39 is 71.1 Å². The minimum absolute atomic E-state index is 0.0620. The number of nitrogens with one attached hydrogen (secondary N) is 3. The van der Waals surface area contributed by atoms with E-state index in [1.165, 1.54) is 28.4 Å². The Morgan fingerprint density at radius 2 is 1.72 bits per heavy atom. The Morgan fingerprint density at radius 3 is 2.41 bits per heavy atom. The molecule has 5 atom stereocenters. The molecule has 1 unspecified atom stereocenters. The van der Waals surface area contributed by atoms with E-state index in [4.69, 9.17) is 14.2 Å². The Labute approximate surface area is 355 Å². The summed E-state index contributed by atoms with van der Waals surface area (Å²) in [5, 5.41) is 8.37. The number of carbonyl (C=O) groups is 7. The van der Waals surface area contributed by atoms with Gasteiger partial charge in [0, 0.05) is 49.3 Å². The number of nitrogens with zero attached hydrogens (tertiary/aromatic N) is 4. The van der Waals surface area contributed by atoms with Crippen LogP contribution in [0.5, 0.6) is 11.5 Å². The minimum Gasteiger partial charge on any atom is -0.454 e. The van der Waals surface area contributed by atoms with Crippen molar-refractivity contribution in [1.82, 2.24) is 35.7 Å². The lowest BCUT2D eigenvalue weighted by molar-refractivity contribution is -0.147. The monoisotopic (exact) mass is 843 g/mol. The van der Waals surface area contributed by atoms with Gasteiger partial charge in [-0.1, -0.05) is 59.4 Å². The van der Waals surface area contributed by atoms with Crippen molar-refractivity contribution in [3.8, 4) is 11.5 Å². The number of ketones is 2. The van der Waals surface area contributed by atoms with Gasteiger partial charge in [-0.3, -0.25) is 38.7 Å². The molecular weight excluding hydrogens is 787 g/mol. The van der Waals surface area contributed by atoms with Gasteiger partial charge in [0.05, 0.1) is 31.4 Å². The first-order valence-electron chi connectivity index (χ1n) is 21.6. The molecule has 2 aliphatic carbocycles. The molecule has 1 saturated heterocycles. The van der Waals surface area contributed by atoms with Crippen molar-refractivity contribution < 1.29 is 47.8 Å². The van der Waals surface area contributed by atoms with Crippen LogP contribution < -0.4 is 25.4 Å². The van der Waals surface area contributed by atoms with Crippen LogP contribution in [0.4, 0.5) is 4.79 Å². The third kappa shape index (κ3) is 10.1. The normalized spacial score (nSPS) is 21.2. The van der Waals surface area contributed by atoms with E-state index in [9.17, 15) is 33.6 Å². The third-order valence-electron chi connectivity index (χ3n) is 12.5. The van der Waals surface area contributed by atoms with Gasteiger partial charge in [0.1, 0.15) is 17.8 Å². The fourth-order valence-electron chi connectivity index (χ4n) is 8.89. The summed E-state index contributed by atoms with van der Waals surface area (Å²) in [5.41, 5.74) is 0.974. The number of benzene rings is 1. The molecule has 61 heavy (non-hydrogen) atoms. The second-order valence-corrected chi connectivity index (χ2v) is 18.0. The van der Waals surface area contributed by atoms with Gasteiger partial charge < -0.3 is 35.1 Å². The summed E-state index contributed by atoms with van der Waals surface area (Å²) in [4.78, 5) is 108. The minimum atomic E-state index is -1.20. The van der Waals surface area contributed by atoms with Crippen molar-refractivity contribution in [2.75, 3.05) is 13.3 Å². The van der Waals surface area contributed by atoms with Crippen molar-refractivity contribution in [3.63, 3.8) is 0 Å². The van der Waals surface area contributed by atoms with Crippen molar-refractivity contribution in [2.24, 2.45) is 17.3 Å². The Hall–Kier alpha value is -5.61. The molecule has 3 aliphatic heterocycles. The molecule has 7 rings (SSSR count). The predicted molar refractivity (Wildman–Crippen MR) is 218 cm³/mol. The van der Waals surface area contributed by atoms with Crippen LogP contribution in [-0.2, 0) is 41.8 Å². The molecule has 1 aromatic carbocycles. The molecule has 0 bridgehead atoms. The highest BCUT2D eigenvalue weighted by molar-refractivity contribution is 6.38. The van der Waals surface area contributed by atoms with Crippen molar-refractivity contribution in [3.05, 3.63) is 47.5 Å². The first kappa shape index (κ1) is 43.5. The van der Waals surface area contributed by atoms with Crippen molar-refractivity contribution in [2.45, 2.75) is 142 Å². The standard InChI is InChI=1S/C44H57N7O10/c1-5-9-31(37(53)41(56)47-27-13-14-27)48-40(55)33-18-28(61-43(58)50-21-26-12-15-35-38(29(26)23-50)60-24-59-35)22-51(33)42(57)30(44(2,3)4)19-34(52)36(25-10-7-6-8-11-25)49-39(54)32-20-45-16-17-46-32/h12,15-17,20,25,27-28,30-31,33,36H,5-11,13-14,18-19,21-24H2,1-4H3,(H,47,56)(H,48,55)(H,49,54)/t28-,30-,31+,33?,36+/m1/s1. The van der Waals surface area contributed by atoms with E-state index in [1.54, 1.807) is 6.07 Å². The lowest BCUT2D eigenvalue weighted by Crippen LogP contribution is -2.55. The average molecular weight is 844 g/mol. The highest BCUT2D eigenvalue weighted by atomic mass is 16.7. The van der Waals surface area contributed by atoms with Crippen LogP contribution in [0.25, 0.3) is 0 Å². The molecule has 0 spiro atoms. The second kappa shape index (κ2) is 18.6. The molecule has 5 aliphatic rings. The molecule has 328 valence electrons.